The van der Waals surface area contributed by atoms with Gasteiger partial charge >= 0.3 is 0 Å². The summed E-state index contributed by atoms with van der Waals surface area (Å²) in [5, 5.41) is 22.1. The van der Waals surface area contributed by atoms with E-state index in [0.29, 0.717) is 17.9 Å². The van der Waals surface area contributed by atoms with Crippen LogP contribution in [0.15, 0.2) is 23.3 Å². The minimum absolute atomic E-state index is 0.0435. The molecule has 1 aromatic carbocycles. The van der Waals surface area contributed by atoms with E-state index in [9.17, 15) is 9.90 Å². The van der Waals surface area contributed by atoms with Gasteiger partial charge in [0, 0.05) is 0 Å². The van der Waals surface area contributed by atoms with Gasteiger partial charge in [0.25, 0.3) is 5.91 Å². The quantitative estimate of drug-likeness (QED) is 0.529. The minimum atomic E-state index is -1.11. The zero-order chi connectivity index (χ0) is 13.5. The Hall–Kier alpha value is -2.08. The molecular weight excluding hydrogens is 236 g/mol. The van der Waals surface area contributed by atoms with Crippen LogP contribution in [-0.4, -0.2) is 35.0 Å². The van der Waals surface area contributed by atoms with Gasteiger partial charge in [-0.1, -0.05) is 0 Å². The number of aromatic hydroxyl groups is 1. The summed E-state index contributed by atoms with van der Waals surface area (Å²) in [6.45, 7) is 3.59. The fraction of sp³-hybridized carbons (Fsp3) is 0.333. The van der Waals surface area contributed by atoms with Crippen LogP contribution < -0.4 is 10.2 Å². The van der Waals surface area contributed by atoms with E-state index < -0.39 is 12.0 Å². The highest BCUT2D eigenvalue weighted by atomic mass is 16.5. The van der Waals surface area contributed by atoms with Crippen molar-refractivity contribution in [1.29, 1.82) is 0 Å². The van der Waals surface area contributed by atoms with Crippen LogP contribution in [0.5, 0.6) is 11.5 Å². The van der Waals surface area contributed by atoms with E-state index in [2.05, 4.69) is 10.5 Å². The second-order valence-corrected chi connectivity index (χ2v) is 3.57. The monoisotopic (exact) mass is 252 g/mol. The third-order valence-electron chi connectivity index (χ3n) is 2.05. The number of carbonyl (C=O) groups excluding carboxylic acids is 1. The predicted octanol–water partition coefficient (Wildman–Crippen LogP) is 0.622. The fourth-order valence-electron chi connectivity index (χ4n) is 1.15. The van der Waals surface area contributed by atoms with Crippen molar-refractivity contribution in [3.8, 4) is 11.5 Å². The Kier molecular flexibility index (Phi) is 5.13. The molecular formula is C12H16N2O4. The molecule has 1 amide bonds. The normalized spacial score (nSPS) is 12.4. The van der Waals surface area contributed by atoms with Gasteiger partial charge in [-0.3, -0.25) is 4.79 Å². The van der Waals surface area contributed by atoms with Crippen LogP contribution in [0.2, 0.25) is 0 Å². The number of carbonyl (C=O) groups is 1. The van der Waals surface area contributed by atoms with Gasteiger partial charge in [0.1, 0.15) is 6.10 Å². The van der Waals surface area contributed by atoms with Crippen LogP contribution in [-0.2, 0) is 4.79 Å². The summed E-state index contributed by atoms with van der Waals surface area (Å²) in [6.07, 6.45) is 0.281. The maximum Gasteiger partial charge on any atom is 0.268 e. The molecule has 6 nitrogen and oxygen atoms in total. The first kappa shape index (κ1) is 14.0. The molecule has 1 aromatic rings. The van der Waals surface area contributed by atoms with Gasteiger partial charge in [-0.15, -0.1) is 0 Å². The van der Waals surface area contributed by atoms with Crippen LogP contribution in [0.4, 0.5) is 0 Å². The van der Waals surface area contributed by atoms with Crippen LogP contribution in [0, 0.1) is 0 Å². The molecule has 18 heavy (non-hydrogen) atoms. The van der Waals surface area contributed by atoms with Crippen molar-refractivity contribution in [2.45, 2.75) is 20.0 Å². The second-order valence-electron chi connectivity index (χ2n) is 3.57. The van der Waals surface area contributed by atoms with Gasteiger partial charge < -0.3 is 14.9 Å². The third-order valence-corrected chi connectivity index (χ3v) is 2.05. The van der Waals surface area contributed by atoms with E-state index in [1.807, 2.05) is 6.92 Å². The van der Waals surface area contributed by atoms with E-state index in [0.717, 1.165) is 0 Å². The zero-order valence-electron chi connectivity index (χ0n) is 10.3. The number of aliphatic hydroxyl groups excluding tert-OH is 1. The number of nitrogens with zero attached hydrogens (tertiary/aromatic N) is 1. The zero-order valence-corrected chi connectivity index (χ0v) is 10.3. The van der Waals surface area contributed by atoms with Crippen molar-refractivity contribution in [2.75, 3.05) is 6.61 Å². The van der Waals surface area contributed by atoms with Crippen molar-refractivity contribution in [2.24, 2.45) is 5.10 Å². The summed E-state index contributed by atoms with van der Waals surface area (Å²) in [6, 6.07) is 4.69. The topological polar surface area (TPSA) is 91.2 Å². The SMILES string of the molecule is CCOc1cc(/C=N\NC(=O)[C@@H](C)O)ccc1O. The third kappa shape index (κ3) is 4.06. The van der Waals surface area contributed by atoms with Crippen molar-refractivity contribution in [3.05, 3.63) is 23.8 Å². The van der Waals surface area contributed by atoms with E-state index in [4.69, 9.17) is 9.84 Å². The summed E-state index contributed by atoms with van der Waals surface area (Å²) < 4.78 is 5.20. The van der Waals surface area contributed by atoms with Gasteiger partial charge in [-0.05, 0) is 37.6 Å². The number of hydrazone groups is 1. The average molecular weight is 252 g/mol. The lowest BCUT2D eigenvalue weighted by atomic mass is 10.2. The van der Waals surface area contributed by atoms with Gasteiger partial charge in [-0.25, -0.2) is 5.43 Å². The lowest BCUT2D eigenvalue weighted by Crippen LogP contribution is -2.28. The number of amides is 1. The van der Waals surface area contributed by atoms with Gasteiger partial charge in [0.15, 0.2) is 11.5 Å². The largest absolute Gasteiger partial charge is 0.504 e. The number of phenols is 1. The lowest BCUT2D eigenvalue weighted by molar-refractivity contribution is -0.128. The molecule has 0 aliphatic carbocycles. The molecule has 0 spiro atoms. The molecule has 98 valence electrons. The summed E-state index contributed by atoms with van der Waals surface area (Å²) in [7, 11) is 0. The molecule has 0 saturated heterocycles. The molecule has 0 aliphatic heterocycles. The summed E-state index contributed by atoms with van der Waals surface area (Å²) in [5.74, 6) is -0.194. The maximum atomic E-state index is 11.0. The van der Waals surface area contributed by atoms with E-state index in [-0.39, 0.29) is 5.75 Å². The average Bonchev–Trinajstić information content (AvgIpc) is 2.33. The second kappa shape index (κ2) is 6.61. The number of ether oxygens (including phenoxy) is 1. The molecule has 0 heterocycles. The molecule has 1 rings (SSSR count). The highest BCUT2D eigenvalue weighted by molar-refractivity contribution is 5.84. The van der Waals surface area contributed by atoms with Gasteiger partial charge in [-0.2, -0.15) is 5.10 Å². The molecule has 0 aliphatic rings. The van der Waals surface area contributed by atoms with Gasteiger partial charge in [0.2, 0.25) is 0 Å². The standard InChI is InChI=1S/C12H16N2O4/c1-3-18-11-6-9(4-5-10(11)16)7-13-14-12(17)8(2)15/h4-8,15-16H,3H2,1-2H3,(H,14,17)/b13-7-/t8-/m1/s1. The number of rotatable bonds is 5. The lowest BCUT2D eigenvalue weighted by Gasteiger charge is -2.06. The maximum absolute atomic E-state index is 11.0. The Morgan fingerprint density at radius 3 is 2.94 bits per heavy atom. The molecule has 1 atom stereocenters. The van der Waals surface area contributed by atoms with Crippen molar-refractivity contribution in [1.82, 2.24) is 5.43 Å². The fourth-order valence-corrected chi connectivity index (χ4v) is 1.15. The molecule has 0 bridgehead atoms. The predicted molar refractivity (Wildman–Crippen MR) is 66.7 cm³/mol. The number of aliphatic hydroxyl groups is 1. The Morgan fingerprint density at radius 2 is 2.33 bits per heavy atom. The number of benzene rings is 1. The Balaban J connectivity index is 2.70. The number of hydrogen-bond donors (Lipinski definition) is 3. The van der Waals surface area contributed by atoms with Crippen LogP contribution in [0.3, 0.4) is 0 Å². The number of phenolic OH excluding ortho intramolecular Hbond substituents is 1. The summed E-state index contributed by atoms with van der Waals surface area (Å²) >= 11 is 0. The Bertz CT molecular complexity index is 444. The molecule has 0 unspecified atom stereocenters. The van der Waals surface area contributed by atoms with E-state index in [1.54, 1.807) is 12.1 Å². The van der Waals surface area contributed by atoms with Gasteiger partial charge in [0.05, 0.1) is 12.8 Å². The first-order chi connectivity index (χ1) is 8.54. The smallest absolute Gasteiger partial charge is 0.268 e. The first-order valence-corrected chi connectivity index (χ1v) is 5.51. The van der Waals surface area contributed by atoms with E-state index in [1.165, 1.54) is 19.2 Å². The van der Waals surface area contributed by atoms with Crippen molar-refractivity contribution < 1.29 is 19.7 Å². The number of hydrogen-bond acceptors (Lipinski definition) is 5. The van der Waals surface area contributed by atoms with Crippen molar-refractivity contribution in [3.63, 3.8) is 0 Å². The minimum Gasteiger partial charge on any atom is -0.504 e. The molecule has 0 radical (unpaired) electrons. The van der Waals surface area contributed by atoms with Crippen LogP contribution >= 0.6 is 0 Å². The van der Waals surface area contributed by atoms with Crippen LogP contribution in [0.1, 0.15) is 19.4 Å². The summed E-state index contributed by atoms with van der Waals surface area (Å²) in [4.78, 5) is 11.0. The first-order valence-electron chi connectivity index (χ1n) is 5.51. The number of nitrogens with one attached hydrogen (secondary N) is 1. The van der Waals surface area contributed by atoms with E-state index >= 15 is 0 Å². The molecule has 0 saturated carbocycles. The molecule has 3 N–H and O–H groups in total. The highest BCUT2D eigenvalue weighted by Crippen LogP contribution is 2.25. The molecule has 6 heteroatoms. The molecule has 0 fully saturated rings. The van der Waals surface area contributed by atoms with Crippen LogP contribution in [0.25, 0.3) is 0 Å². The highest BCUT2D eigenvalue weighted by Gasteiger charge is 2.06. The summed E-state index contributed by atoms with van der Waals surface area (Å²) in [5.41, 5.74) is 2.83. The molecule has 0 aromatic heterocycles. The van der Waals surface area contributed by atoms with Crippen molar-refractivity contribution >= 4 is 12.1 Å². The Morgan fingerprint density at radius 1 is 1.61 bits per heavy atom. The Labute approximate surface area is 105 Å².